The number of halogens is 1. The number of fused-ring (bicyclic) bond motifs is 1. The van der Waals surface area contributed by atoms with Crippen LogP contribution in [0.15, 0.2) is 33.1 Å². The van der Waals surface area contributed by atoms with Crippen molar-refractivity contribution in [2.24, 2.45) is 0 Å². The molecule has 0 fully saturated rings. The van der Waals surface area contributed by atoms with E-state index in [0.29, 0.717) is 0 Å². The van der Waals surface area contributed by atoms with Gasteiger partial charge in [0.05, 0.1) is 21.7 Å². The summed E-state index contributed by atoms with van der Waals surface area (Å²) in [4.78, 5) is 4.53. The second-order valence-electron chi connectivity index (χ2n) is 3.82. The number of hydrogen-bond acceptors (Lipinski definition) is 5. The number of thiazole rings is 1. The van der Waals surface area contributed by atoms with Gasteiger partial charge in [-0.05, 0) is 25.1 Å². The lowest BCUT2D eigenvalue weighted by atomic mass is 10.3. The van der Waals surface area contributed by atoms with Crippen molar-refractivity contribution in [3.63, 3.8) is 0 Å². The zero-order valence-corrected chi connectivity index (χ0v) is 11.9. The van der Waals surface area contributed by atoms with E-state index in [-0.39, 0.29) is 0 Å². The third-order valence-electron chi connectivity index (χ3n) is 2.34. The Labute approximate surface area is 117 Å². The molecule has 3 rings (SSSR count). The van der Waals surface area contributed by atoms with Crippen LogP contribution >= 0.6 is 34.7 Å². The second kappa shape index (κ2) is 4.91. The zero-order chi connectivity index (χ0) is 12.5. The molecule has 0 saturated heterocycles. The number of benzene rings is 1. The van der Waals surface area contributed by atoms with Gasteiger partial charge in [0.2, 0.25) is 0 Å². The molecule has 6 heteroatoms. The molecule has 3 nitrogen and oxygen atoms in total. The lowest BCUT2D eigenvalue weighted by molar-refractivity contribution is 0.391. The molecule has 0 N–H and O–H groups in total. The molecule has 18 heavy (non-hydrogen) atoms. The Morgan fingerprint density at radius 2 is 2.28 bits per heavy atom. The summed E-state index contributed by atoms with van der Waals surface area (Å²) in [6, 6.07) is 7.71. The highest BCUT2D eigenvalue weighted by atomic mass is 35.5. The number of nitrogens with zero attached hydrogens (tertiary/aromatic N) is 2. The fraction of sp³-hybridized carbons (Fsp3) is 0.167. The molecule has 0 aliphatic heterocycles. The van der Waals surface area contributed by atoms with Crippen molar-refractivity contribution in [3.8, 4) is 0 Å². The van der Waals surface area contributed by atoms with Crippen molar-refractivity contribution in [1.29, 1.82) is 0 Å². The average molecular weight is 297 g/mol. The molecule has 92 valence electrons. The van der Waals surface area contributed by atoms with Gasteiger partial charge in [0.15, 0.2) is 4.34 Å². The lowest BCUT2D eigenvalue weighted by Crippen LogP contribution is -1.75. The normalized spacial score (nSPS) is 11.2. The van der Waals surface area contributed by atoms with Crippen LogP contribution in [0.1, 0.15) is 11.5 Å². The fourth-order valence-electron chi connectivity index (χ4n) is 1.56. The van der Waals surface area contributed by atoms with Gasteiger partial charge in [-0.15, -0.1) is 11.3 Å². The highest BCUT2D eigenvalue weighted by molar-refractivity contribution is 8.00. The molecule has 2 heterocycles. The number of rotatable bonds is 3. The van der Waals surface area contributed by atoms with E-state index >= 15 is 0 Å². The van der Waals surface area contributed by atoms with E-state index in [2.05, 4.69) is 10.1 Å². The monoisotopic (exact) mass is 296 g/mol. The minimum absolute atomic E-state index is 0.718. The summed E-state index contributed by atoms with van der Waals surface area (Å²) in [5.74, 6) is 1.61. The van der Waals surface area contributed by atoms with Gasteiger partial charge in [-0.2, -0.15) is 0 Å². The van der Waals surface area contributed by atoms with Gasteiger partial charge in [-0.25, -0.2) is 4.98 Å². The van der Waals surface area contributed by atoms with Crippen LogP contribution < -0.4 is 0 Å². The lowest BCUT2D eigenvalue weighted by Gasteiger charge is -1.90. The topological polar surface area (TPSA) is 38.9 Å². The van der Waals surface area contributed by atoms with Crippen LogP contribution in [-0.4, -0.2) is 10.1 Å². The first kappa shape index (κ1) is 12.0. The summed E-state index contributed by atoms with van der Waals surface area (Å²) >= 11 is 9.25. The predicted octanol–water partition coefficient (Wildman–Crippen LogP) is 4.54. The summed E-state index contributed by atoms with van der Waals surface area (Å²) in [6.45, 7) is 1.91. The predicted molar refractivity (Wildman–Crippen MR) is 75.4 cm³/mol. The molecule has 0 unspecified atom stereocenters. The summed E-state index contributed by atoms with van der Waals surface area (Å²) in [5, 5.41) is 4.58. The maximum absolute atomic E-state index is 5.94. The fourth-order valence-corrected chi connectivity index (χ4v) is 3.65. The van der Waals surface area contributed by atoms with E-state index in [0.717, 1.165) is 36.8 Å². The highest BCUT2D eigenvalue weighted by Gasteiger charge is 2.07. The Balaban J connectivity index is 1.78. The van der Waals surface area contributed by atoms with Gasteiger partial charge in [0.1, 0.15) is 5.76 Å². The molecule has 0 bridgehead atoms. The van der Waals surface area contributed by atoms with Crippen molar-refractivity contribution in [3.05, 3.63) is 40.7 Å². The number of hydrogen-bond donors (Lipinski definition) is 0. The Hall–Kier alpha value is -1.04. The Morgan fingerprint density at radius 3 is 3.06 bits per heavy atom. The minimum atomic E-state index is 0.718. The number of thioether (sulfide) groups is 1. The van der Waals surface area contributed by atoms with E-state index in [1.807, 2.05) is 31.2 Å². The van der Waals surface area contributed by atoms with Crippen LogP contribution in [0.3, 0.4) is 0 Å². The first-order chi connectivity index (χ1) is 8.70. The molecule has 0 spiro atoms. The molecular weight excluding hydrogens is 288 g/mol. The maximum Gasteiger partial charge on any atom is 0.151 e. The number of aromatic nitrogens is 2. The molecule has 0 saturated carbocycles. The summed E-state index contributed by atoms with van der Waals surface area (Å²) in [6.07, 6.45) is 0. The first-order valence-electron chi connectivity index (χ1n) is 5.32. The maximum atomic E-state index is 5.94. The molecule has 0 atom stereocenters. The van der Waals surface area contributed by atoms with E-state index in [9.17, 15) is 0 Å². The van der Waals surface area contributed by atoms with Gasteiger partial charge in [-0.3, -0.25) is 0 Å². The molecule has 0 aliphatic carbocycles. The van der Waals surface area contributed by atoms with Crippen molar-refractivity contribution in [2.75, 3.05) is 0 Å². The van der Waals surface area contributed by atoms with Gasteiger partial charge in [0, 0.05) is 11.1 Å². The molecule has 0 aliphatic rings. The van der Waals surface area contributed by atoms with Crippen LogP contribution in [0.25, 0.3) is 10.2 Å². The van der Waals surface area contributed by atoms with Gasteiger partial charge in [0.25, 0.3) is 0 Å². The van der Waals surface area contributed by atoms with E-state index < -0.39 is 0 Å². The molecular formula is C12H9ClN2OS2. The van der Waals surface area contributed by atoms with Gasteiger partial charge in [-0.1, -0.05) is 28.5 Å². The third kappa shape index (κ3) is 2.53. The highest BCUT2D eigenvalue weighted by Crippen LogP contribution is 2.32. The van der Waals surface area contributed by atoms with Crippen LogP contribution in [0.5, 0.6) is 0 Å². The van der Waals surface area contributed by atoms with Crippen molar-refractivity contribution >= 4 is 44.9 Å². The van der Waals surface area contributed by atoms with E-state index in [4.69, 9.17) is 16.1 Å². The van der Waals surface area contributed by atoms with Crippen molar-refractivity contribution in [1.82, 2.24) is 10.1 Å². The first-order valence-corrected chi connectivity index (χ1v) is 7.50. The molecule has 0 amide bonds. The van der Waals surface area contributed by atoms with E-state index in [1.165, 1.54) is 0 Å². The third-order valence-corrected chi connectivity index (χ3v) is 4.78. The molecule has 1 aromatic carbocycles. The smallest absolute Gasteiger partial charge is 0.151 e. The van der Waals surface area contributed by atoms with E-state index in [1.54, 1.807) is 23.1 Å². The quantitative estimate of drug-likeness (QED) is 0.665. The Bertz CT molecular complexity index is 692. The van der Waals surface area contributed by atoms with Crippen LogP contribution in [-0.2, 0) is 5.75 Å². The largest absolute Gasteiger partial charge is 0.360 e. The number of aryl methyl sites for hydroxylation is 1. The minimum Gasteiger partial charge on any atom is -0.360 e. The molecule has 2 aromatic heterocycles. The Morgan fingerprint density at radius 1 is 1.39 bits per heavy atom. The molecule has 3 aromatic rings. The van der Waals surface area contributed by atoms with Crippen LogP contribution in [0, 0.1) is 6.92 Å². The van der Waals surface area contributed by atoms with Crippen molar-refractivity contribution < 1.29 is 4.52 Å². The zero-order valence-electron chi connectivity index (χ0n) is 9.51. The van der Waals surface area contributed by atoms with Crippen LogP contribution in [0.4, 0.5) is 0 Å². The summed E-state index contributed by atoms with van der Waals surface area (Å²) in [5.41, 5.74) is 1.85. The van der Waals surface area contributed by atoms with Crippen LogP contribution in [0.2, 0.25) is 5.02 Å². The van der Waals surface area contributed by atoms with Gasteiger partial charge < -0.3 is 4.52 Å². The standard InChI is InChI=1S/C12H9ClN2OS2/c1-7-4-9(16-15-7)6-17-12-14-10-5-8(13)2-3-11(10)18-12/h2-5H,6H2,1H3. The summed E-state index contributed by atoms with van der Waals surface area (Å²) in [7, 11) is 0. The average Bonchev–Trinajstić information content (AvgIpc) is 2.92. The Kier molecular flexibility index (Phi) is 3.28. The second-order valence-corrected chi connectivity index (χ2v) is 6.50. The summed E-state index contributed by atoms with van der Waals surface area (Å²) < 4.78 is 7.33. The SMILES string of the molecule is Cc1cc(CSc2nc3cc(Cl)ccc3s2)on1. The van der Waals surface area contributed by atoms with Crippen molar-refractivity contribution in [2.45, 2.75) is 17.0 Å². The van der Waals surface area contributed by atoms with Gasteiger partial charge >= 0.3 is 0 Å². The molecule has 0 radical (unpaired) electrons.